The molecule has 1 aliphatic rings. The highest BCUT2D eigenvalue weighted by atomic mass is 16.1. The molecular formula is C17H26O. The summed E-state index contributed by atoms with van der Waals surface area (Å²) in [5.41, 5.74) is 5.21. The van der Waals surface area contributed by atoms with Gasteiger partial charge in [-0.25, -0.2) is 0 Å². The molecule has 0 atom stereocenters. The van der Waals surface area contributed by atoms with Crippen LogP contribution in [0, 0.1) is 0 Å². The minimum Gasteiger partial charge on any atom is -0.295 e. The fraction of sp³-hybridized carbons (Fsp3) is 0.588. The Morgan fingerprint density at radius 2 is 1.44 bits per heavy atom. The number of hydrogen-bond donors (Lipinski definition) is 0. The average molecular weight is 246 g/mol. The second-order valence-electron chi connectivity index (χ2n) is 5.49. The van der Waals surface area contributed by atoms with Crippen LogP contribution in [-0.4, -0.2) is 5.78 Å². The normalized spacial score (nSPS) is 19.6. The first-order valence-electron chi connectivity index (χ1n) is 7.01. The van der Waals surface area contributed by atoms with E-state index in [0.29, 0.717) is 0 Å². The van der Waals surface area contributed by atoms with Gasteiger partial charge < -0.3 is 0 Å². The van der Waals surface area contributed by atoms with Gasteiger partial charge in [0.05, 0.1) is 0 Å². The Morgan fingerprint density at radius 1 is 0.889 bits per heavy atom. The summed E-state index contributed by atoms with van der Waals surface area (Å²) < 4.78 is 0. The van der Waals surface area contributed by atoms with Gasteiger partial charge in [-0.2, -0.15) is 0 Å². The molecular weight excluding hydrogens is 220 g/mol. The fourth-order valence-electron chi connectivity index (χ4n) is 2.45. The first kappa shape index (κ1) is 14.9. The van der Waals surface area contributed by atoms with Gasteiger partial charge in [-0.05, 0) is 71.8 Å². The number of Topliss-reactive ketones (excluding diaryl/α,β-unsaturated/α-hetero) is 1. The number of allylic oxidation sites excluding steroid dienone is 6. The Morgan fingerprint density at radius 3 is 2.06 bits per heavy atom. The Bertz CT molecular complexity index is 394. The van der Waals surface area contributed by atoms with Gasteiger partial charge in [0.1, 0.15) is 0 Å². The molecule has 0 saturated heterocycles. The fourth-order valence-corrected chi connectivity index (χ4v) is 2.45. The summed E-state index contributed by atoms with van der Waals surface area (Å²) in [6, 6.07) is 0. The Labute approximate surface area is 112 Å². The van der Waals surface area contributed by atoms with Crippen LogP contribution < -0.4 is 0 Å². The summed E-state index contributed by atoms with van der Waals surface area (Å²) >= 11 is 0. The predicted octanol–water partition coefficient (Wildman–Crippen LogP) is 5.14. The summed E-state index contributed by atoms with van der Waals surface area (Å²) in [5, 5.41) is 0. The van der Waals surface area contributed by atoms with Gasteiger partial charge in [0, 0.05) is 0 Å². The van der Waals surface area contributed by atoms with Crippen LogP contribution in [0.15, 0.2) is 34.4 Å². The van der Waals surface area contributed by atoms with Crippen LogP contribution in [0.3, 0.4) is 0 Å². The highest BCUT2D eigenvalue weighted by Crippen LogP contribution is 2.21. The molecule has 0 bridgehead atoms. The van der Waals surface area contributed by atoms with Crippen LogP contribution in [0.25, 0.3) is 0 Å². The largest absolute Gasteiger partial charge is 0.295 e. The molecule has 100 valence electrons. The minimum atomic E-state index is 0.248. The SMILES string of the molecule is CC(=O)C1=C(C)CCC=C(C)CCC=C(C)CC1. The van der Waals surface area contributed by atoms with Crippen molar-refractivity contribution in [3.63, 3.8) is 0 Å². The third-order valence-corrected chi connectivity index (χ3v) is 3.75. The van der Waals surface area contributed by atoms with Crippen molar-refractivity contribution >= 4 is 5.78 Å². The molecule has 18 heavy (non-hydrogen) atoms. The number of carbonyl (C=O) groups is 1. The molecule has 0 aromatic carbocycles. The number of hydrogen-bond acceptors (Lipinski definition) is 1. The molecule has 0 aliphatic heterocycles. The van der Waals surface area contributed by atoms with Crippen molar-refractivity contribution in [2.24, 2.45) is 0 Å². The molecule has 0 N–H and O–H groups in total. The lowest BCUT2D eigenvalue weighted by atomic mass is 9.94. The van der Waals surface area contributed by atoms with Crippen LogP contribution in [0.1, 0.15) is 66.2 Å². The van der Waals surface area contributed by atoms with E-state index < -0.39 is 0 Å². The maximum Gasteiger partial charge on any atom is 0.155 e. The third kappa shape index (κ3) is 5.03. The van der Waals surface area contributed by atoms with Gasteiger partial charge in [-0.3, -0.25) is 4.79 Å². The zero-order valence-corrected chi connectivity index (χ0v) is 12.3. The predicted molar refractivity (Wildman–Crippen MR) is 78.6 cm³/mol. The van der Waals surface area contributed by atoms with Crippen LogP contribution in [0.5, 0.6) is 0 Å². The van der Waals surface area contributed by atoms with Gasteiger partial charge in [0.15, 0.2) is 5.78 Å². The third-order valence-electron chi connectivity index (χ3n) is 3.75. The number of carbonyl (C=O) groups excluding carboxylic acids is 1. The van der Waals surface area contributed by atoms with Crippen molar-refractivity contribution in [3.05, 3.63) is 34.4 Å². The highest BCUT2D eigenvalue weighted by molar-refractivity contribution is 5.93. The molecule has 1 aliphatic carbocycles. The Balaban J connectivity index is 2.91. The van der Waals surface area contributed by atoms with Crippen LogP contribution in [-0.2, 0) is 4.79 Å². The molecule has 0 amide bonds. The maximum absolute atomic E-state index is 11.7. The van der Waals surface area contributed by atoms with E-state index in [2.05, 4.69) is 32.9 Å². The van der Waals surface area contributed by atoms with Crippen LogP contribution in [0.4, 0.5) is 0 Å². The van der Waals surface area contributed by atoms with E-state index in [1.54, 1.807) is 6.92 Å². The summed E-state index contributed by atoms with van der Waals surface area (Å²) in [6.07, 6.45) is 11.0. The lowest BCUT2D eigenvalue weighted by molar-refractivity contribution is -0.113. The van der Waals surface area contributed by atoms with E-state index in [1.165, 1.54) is 23.1 Å². The van der Waals surface area contributed by atoms with Crippen LogP contribution in [0.2, 0.25) is 0 Å². The van der Waals surface area contributed by atoms with Crippen molar-refractivity contribution in [2.45, 2.75) is 66.2 Å². The molecule has 0 aromatic rings. The zero-order chi connectivity index (χ0) is 13.5. The lowest BCUT2D eigenvalue weighted by Gasteiger charge is -2.11. The average Bonchev–Trinajstić information content (AvgIpc) is 2.27. The van der Waals surface area contributed by atoms with Crippen molar-refractivity contribution in [1.29, 1.82) is 0 Å². The molecule has 0 heterocycles. The molecule has 0 spiro atoms. The summed E-state index contributed by atoms with van der Waals surface area (Å²) in [6.45, 7) is 8.20. The van der Waals surface area contributed by atoms with E-state index in [4.69, 9.17) is 0 Å². The van der Waals surface area contributed by atoms with E-state index in [-0.39, 0.29) is 5.78 Å². The van der Waals surface area contributed by atoms with Gasteiger partial charge in [0.25, 0.3) is 0 Å². The van der Waals surface area contributed by atoms with Gasteiger partial charge in [-0.15, -0.1) is 0 Å². The first-order chi connectivity index (χ1) is 8.50. The van der Waals surface area contributed by atoms with Gasteiger partial charge in [0.2, 0.25) is 0 Å². The zero-order valence-electron chi connectivity index (χ0n) is 12.3. The molecule has 0 radical (unpaired) electrons. The minimum absolute atomic E-state index is 0.248. The monoisotopic (exact) mass is 246 g/mol. The quantitative estimate of drug-likeness (QED) is 0.585. The molecule has 1 nitrogen and oxygen atoms in total. The maximum atomic E-state index is 11.7. The Hall–Kier alpha value is -1.11. The molecule has 1 heteroatoms. The van der Waals surface area contributed by atoms with E-state index in [0.717, 1.165) is 37.7 Å². The standard InChI is InChI=1S/C17H26O/c1-13-7-5-8-14(2)11-12-17(16(4)18)15(3)10-6-9-13/h8-9H,5-7,10-12H2,1-4H3. The van der Waals surface area contributed by atoms with Crippen molar-refractivity contribution in [2.75, 3.05) is 0 Å². The van der Waals surface area contributed by atoms with E-state index in [1.807, 2.05) is 0 Å². The van der Waals surface area contributed by atoms with Crippen molar-refractivity contribution in [1.82, 2.24) is 0 Å². The Kier molecular flexibility index (Phi) is 6.11. The molecule has 0 saturated carbocycles. The van der Waals surface area contributed by atoms with Gasteiger partial charge in [-0.1, -0.05) is 28.9 Å². The molecule has 0 unspecified atom stereocenters. The first-order valence-corrected chi connectivity index (χ1v) is 7.01. The molecule has 0 fully saturated rings. The smallest absolute Gasteiger partial charge is 0.155 e. The topological polar surface area (TPSA) is 17.1 Å². The van der Waals surface area contributed by atoms with E-state index in [9.17, 15) is 4.79 Å². The van der Waals surface area contributed by atoms with Crippen molar-refractivity contribution < 1.29 is 4.79 Å². The summed E-state index contributed by atoms with van der Waals surface area (Å²) in [4.78, 5) is 11.7. The summed E-state index contributed by atoms with van der Waals surface area (Å²) in [7, 11) is 0. The lowest BCUT2D eigenvalue weighted by Crippen LogP contribution is -2.01. The van der Waals surface area contributed by atoms with Crippen molar-refractivity contribution in [3.8, 4) is 0 Å². The highest BCUT2D eigenvalue weighted by Gasteiger charge is 2.09. The van der Waals surface area contributed by atoms with E-state index >= 15 is 0 Å². The summed E-state index contributed by atoms with van der Waals surface area (Å²) in [5.74, 6) is 0.248. The number of rotatable bonds is 1. The second kappa shape index (κ2) is 7.35. The second-order valence-corrected chi connectivity index (χ2v) is 5.49. The van der Waals surface area contributed by atoms with Gasteiger partial charge >= 0.3 is 0 Å². The molecule has 1 rings (SSSR count). The van der Waals surface area contributed by atoms with Crippen LogP contribution >= 0.6 is 0 Å². The molecule has 0 aromatic heterocycles. The number of ketones is 1.